The summed E-state index contributed by atoms with van der Waals surface area (Å²) in [7, 11) is 0. The van der Waals surface area contributed by atoms with Gasteiger partial charge in [-0.25, -0.2) is 0 Å². The number of hydrogen-bond acceptors (Lipinski definition) is 5. The van der Waals surface area contributed by atoms with Gasteiger partial charge < -0.3 is 14.7 Å². The van der Waals surface area contributed by atoms with Crippen LogP contribution in [0.2, 0.25) is 0 Å². The molecule has 0 spiro atoms. The van der Waals surface area contributed by atoms with Crippen molar-refractivity contribution >= 4 is 28.8 Å². The lowest BCUT2D eigenvalue weighted by atomic mass is 9.94. The van der Waals surface area contributed by atoms with Crippen LogP contribution in [0.5, 0.6) is 5.75 Å². The summed E-state index contributed by atoms with van der Waals surface area (Å²) < 4.78 is 5.79. The van der Waals surface area contributed by atoms with Crippen LogP contribution in [0.1, 0.15) is 61.1 Å². The number of anilines is 2. The van der Waals surface area contributed by atoms with Crippen LogP contribution in [0.25, 0.3) is 5.76 Å². The number of ketones is 1. The molecule has 4 rings (SSSR count). The van der Waals surface area contributed by atoms with Crippen LogP contribution in [0.3, 0.4) is 0 Å². The fraction of sp³-hybridized carbons (Fsp3) is 0.333. The van der Waals surface area contributed by atoms with Gasteiger partial charge in [-0.2, -0.15) is 0 Å². The second kappa shape index (κ2) is 11.8. The first-order valence-electron chi connectivity index (χ1n) is 13.7. The summed E-state index contributed by atoms with van der Waals surface area (Å²) >= 11 is 0. The van der Waals surface area contributed by atoms with Crippen LogP contribution in [-0.4, -0.2) is 36.5 Å². The summed E-state index contributed by atoms with van der Waals surface area (Å²) in [4.78, 5) is 30.9. The summed E-state index contributed by atoms with van der Waals surface area (Å²) in [5.41, 5.74) is 5.81. The highest BCUT2D eigenvalue weighted by Gasteiger charge is 2.47. The molecule has 1 fully saturated rings. The average Bonchev–Trinajstić information content (AvgIpc) is 3.18. The van der Waals surface area contributed by atoms with Crippen LogP contribution in [0.15, 0.2) is 66.2 Å². The summed E-state index contributed by atoms with van der Waals surface area (Å²) in [6.45, 7) is 14.4. The van der Waals surface area contributed by atoms with Gasteiger partial charge in [0.05, 0.1) is 18.2 Å². The van der Waals surface area contributed by atoms with E-state index in [2.05, 4.69) is 18.7 Å². The number of nitrogens with zero attached hydrogens (tertiary/aromatic N) is 2. The Morgan fingerprint density at radius 3 is 2.18 bits per heavy atom. The molecule has 0 saturated carbocycles. The number of carbonyl (C=O) groups is 2. The quantitative estimate of drug-likeness (QED) is 0.187. The van der Waals surface area contributed by atoms with E-state index in [0.29, 0.717) is 17.9 Å². The second-order valence-corrected chi connectivity index (χ2v) is 10.1. The predicted octanol–water partition coefficient (Wildman–Crippen LogP) is 6.87. The molecular weight excluding hydrogens is 488 g/mol. The largest absolute Gasteiger partial charge is 0.507 e. The van der Waals surface area contributed by atoms with Crippen LogP contribution in [0.4, 0.5) is 11.4 Å². The summed E-state index contributed by atoms with van der Waals surface area (Å²) in [5.74, 6) is -0.813. The molecule has 0 bridgehead atoms. The van der Waals surface area contributed by atoms with Crippen LogP contribution >= 0.6 is 0 Å². The maximum atomic E-state index is 13.6. The molecule has 1 aliphatic rings. The van der Waals surface area contributed by atoms with Gasteiger partial charge in [-0.1, -0.05) is 36.8 Å². The lowest BCUT2D eigenvalue weighted by molar-refractivity contribution is -0.132. The van der Waals surface area contributed by atoms with E-state index in [0.717, 1.165) is 53.2 Å². The first-order valence-corrected chi connectivity index (χ1v) is 13.7. The highest BCUT2D eigenvalue weighted by atomic mass is 16.5. The normalized spacial score (nSPS) is 16.6. The highest BCUT2D eigenvalue weighted by molar-refractivity contribution is 6.51. The van der Waals surface area contributed by atoms with Gasteiger partial charge in [-0.3, -0.25) is 14.5 Å². The monoisotopic (exact) mass is 526 g/mol. The average molecular weight is 527 g/mol. The molecule has 0 radical (unpaired) electrons. The van der Waals surface area contributed by atoms with Gasteiger partial charge in [0.2, 0.25) is 0 Å². The minimum Gasteiger partial charge on any atom is -0.507 e. The Labute approximate surface area is 231 Å². The number of Topliss-reactive ketones (excluding diaryl/α,β-unsaturated/α-hetero) is 1. The first-order chi connectivity index (χ1) is 18.7. The molecule has 1 unspecified atom stereocenters. The number of benzene rings is 3. The molecule has 1 aliphatic heterocycles. The van der Waals surface area contributed by atoms with Crippen molar-refractivity contribution in [2.75, 3.05) is 29.5 Å². The fourth-order valence-electron chi connectivity index (χ4n) is 5.25. The van der Waals surface area contributed by atoms with Crippen molar-refractivity contribution in [1.82, 2.24) is 0 Å². The molecule has 3 aromatic carbocycles. The van der Waals surface area contributed by atoms with E-state index in [9.17, 15) is 14.7 Å². The number of ether oxygens (including phenoxy) is 1. The van der Waals surface area contributed by atoms with Gasteiger partial charge in [0.1, 0.15) is 11.5 Å². The Morgan fingerprint density at radius 1 is 0.897 bits per heavy atom. The van der Waals surface area contributed by atoms with Crippen molar-refractivity contribution in [1.29, 1.82) is 0 Å². The third-order valence-electron chi connectivity index (χ3n) is 7.30. The van der Waals surface area contributed by atoms with Gasteiger partial charge >= 0.3 is 0 Å². The highest BCUT2D eigenvalue weighted by Crippen LogP contribution is 2.43. The lowest BCUT2D eigenvalue weighted by Crippen LogP contribution is -2.30. The number of hydrogen-bond donors (Lipinski definition) is 1. The molecule has 1 saturated heterocycles. The SMILES string of the molecule is CCCOc1ccc(/C(O)=C2\C(=O)C(=O)N(c3ccc(C)cc3C)C2c2ccc(N(CC)CC)cc2)cc1C. The van der Waals surface area contributed by atoms with Crippen molar-refractivity contribution in [3.8, 4) is 5.75 Å². The Balaban J connectivity index is 1.88. The third kappa shape index (κ3) is 5.42. The molecule has 204 valence electrons. The first kappa shape index (κ1) is 28.0. The smallest absolute Gasteiger partial charge is 0.300 e. The fourth-order valence-corrected chi connectivity index (χ4v) is 5.25. The maximum Gasteiger partial charge on any atom is 0.300 e. The standard InChI is InChI=1S/C33H38N2O4/c1-7-18-39-28-17-13-25(20-23(28)6)31(36)29-30(24-11-14-26(15-12-24)34(8-2)9-3)35(33(38)32(29)37)27-16-10-21(4)19-22(27)5/h10-17,19-20,30,36H,7-9,18H2,1-6H3/b31-29+. The molecule has 1 heterocycles. The number of aliphatic hydroxyl groups excluding tert-OH is 1. The molecule has 1 atom stereocenters. The van der Waals surface area contributed by atoms with E-state index in [1.807, 2.05) is 70.2 Å². The van der Waals surface area contributed by atoms with E-state index in [4.69, 9.17) is 4.74 Å². The summed E-state index contributed by atoms with van der Waals surface area (Å²) in [5, 5.41) is 11.6. The predicted molar refractivity (Wildman–Crippen MR) is 158 cm³/mol. The van der Waals surface area contributed by atoms with E-state index in [1.165, 1.54) is 4.90 Å². The Bertz CT molecular complexity index is 1400. The van der Waals surface area contributed by atoms with Gasteiger partial charge in [-0.15, -0.1) is 0 Å². The number of aryl methyl sites for hydroxylation is 3. The second-order valence-electron chi connectivity index (χ2n) is 10.1. The van der Waals surface area contributed by atoms with Crippen LogP contribution in [-0.2, 0) is 9.59 Å². The lowest BCUT2D eigenvalue weighted by Gasteiger charge is -2.28. The van der Waals surface area contributed by atoms with Crippen LogP contribution in [0, 0.1) is 20.8 Å². The van der Waals surface area contributed by atoms with Crippen molar-refractivity contribution in [3.05, 3.63) is 94.1 Å². The van der Waals surface area contributed by atoms with E-state index in [-0.39, 0.29) is 11.3 Å². The number of aliphatic hydroxyl groups is 1. The zero-order chi connectivity index (χ0) is 28.3. The molecule has 0 aliphatic carbocycles. The number of amides is 1. The topological polar surface area (TPSA) is 70.1 Å². The van der Waals surface area contributed by atoms with Crippen molar-refractivity contribution in [2.24, 2.45) is 0 Å². The minimum absolute atomic E-state index is 0.0807. The molecule has 0 aromatic heterocycles. The minimum atomic E-state index is -0.770. The number of carbonyl (C=O) groups excluding carboxylic acids is 2. The van der Waals surface area contributed by atoms with Gasteiger partial charge in [0.25, 0.3) is 11.7 Å². The van der Waals surface area contributed by atoms with Crippen molar-refractivity contribution < 1.29 is 19.4 Å². The zero-order valence-electron chi connectivity index (χ0n) is 23.7. The molecule has 6 nitrogen and oxygen atoms in total. The summed E-state index contributed by atoms with van der Waals surface area (Å²) in [6.07, 6.45) is 0.885. The zero-order valence-corrected chi connectivity index (χ0v) is 23.7. The van der Waals surface area contributed by atoms with Crippen molar-refractivity contribution in [3.63, 3.8) is 0 Å². The van der Waals surface area contributed by atoms with Gasteiger partial charge in [0.15, 0.2) is 0 Å². The molecule has 39 heavy (non-hydrogen) atoms. The Morgan fingerprint density at radius 2 is 1.59 bits per heavy atom. The molecule has 1 amide bonds. The van der Waals surface area contributed by atoms with Gasteiger partial charge in [0, 0.05) is 30.0 Å². The van der Waals surface area contributed by atoms with Crippen molar-refractivity contribution in [2.45, 2.75) is 54.0 Å². The number of rotatable bonds is 9. The Hall–Kier alpha value is -4.06. The molecule has 1 N–H and O–H groups in total. The molecule has 3 aromatic rings. The van der Waals surface area contributed by atoms with Gasteiger partial charge in [-0.05, 0) is 94.1 Å². The molecule has 6 heteroatoms. The Kier molecular flexibility index (Phi) is 8.44. The van der Waals surface area contributed by atoms with Crippen LogP contribution < -0.4 is 14.5 Å². The summed E-state index contributed by atoms with van der Waals surface area (Å²) in [6, 6.07) is 18.3. The maximum absolute atomic E-state index is 13.6. The van der Waals surface area contributed by atoms with E-state index in [1.54, 1.807) is 18.2 Å². The molecular formula is C33H38N2O4. The van der Waals surface area contributed by atoms with E-state index >= 15 is 0 Å². The third-order valence-corrected chi connectivity index (χ3v) is 7.30. The van der Waals surface area contributed by atoms with E-state index < -0.39 is 17.7 Å².